The topological polar surface area (TPSA) is 61.4 Å². The number of carbonyl (C=O) groups is 1. The predicted molar refractivity (Wildman–Crippen MR) is 47.8 cm³/mol. The average Bonchev–Trinajstić information content (AvgIpc) is 2.03. The summed E-state index contributed by atoms with van der Waals surface area (Å²) in [5, 5.41) is 14.2. The largest absolute Gasteiger partial charge is 0.394 e. The summed E-state index contributed by atoms with van der Waals surface area (Å²) in [5.74, 6) is 0.291. The lowest BCUT2D eigenvalue weighted by Crippen LogP contribution is -2.45. The van der Waals surface area contributed by atoms with Crippen LogP contribution in [0, 0.1) is 5.92 Å². The van der Waals surface area contributed by atoms with Crippen LogP contribution in [0.5, 0.6) is 0 Å². The van der Waals surface area contributed by atoms with Crippen LogP contribution in [0.15, 0.2) is 0 Å². The van der Waals surface area contributed by atoms with Crippen LogP contribution >= 0.6 is 0 Å². The summed E-state index contributed by atoms with van der Waals surface area (Å²) in [5.41, 5.74) is 0. The van der Waals surface area contributed by atoms with Crippen molar-refractivity contribution in [3.05, 3.63) is 0 Å². The van der Waals surface area contributed by atoms with Crippen LogP contribution in [0.25, 0.3) is 0 Å². The molecule has 0 bridgehead atoms. The van der Waals surface area contributed by atoms with Gasteiger partial charge in [-0.2, -0.15) is 0 Å². The van der Waals surface area contributed by atoms with Crippen molar-refractivity contribution in [1.82, 2.24) is 10.6 Å². The minimum Gasteiger partial charge on any atom is -0.394 e. The van der Waals surface area contributed by atoms with E-state index in [0.29, 0.717) is 12.5 Å². The van der Waals surface area contributed by atoms with Gasteiger partial charge in [0.05, 0.1) is 6.61 Å². The molecule has 0 aliphatic carbocycles. The maximum Gasteiger partial charge on any atom is 0.239 e. The number of likely N-dealkylation sites (N-methyl/N-ethyl adjacent to an activating group) is 1. The van der Waals surface area contributed by atoms with Crippen LogP contribution in [-0.4, -0.2) is 37.3 Å². The first-order chi connectivity index (χ1) is 5.61. The van der Waals surface area contributed by atoms with E-state index in [1.54, 1.807) is 7.05 Å². The lowest BCUT2D eigenvalue weighted by Gasteiger charge is -2.14. The molecule has 1 amide bonds. The van der Waals surface area contributed by atoms with Gasteiger partial charge in [-0.25, -0.2) is 0 Å². The summed E-state index contributed by atoms with van der Waals surface area (Å²) in [6.45, 7) is 4.53. The molecule has 4 heteroatoms. The van der Waals surface area contributed by atoms with Gasteiger partial charge >= 0.3 is 0 Å². The second kappa shape index (κ2) is 5.97. The SMILES string of the molecule is CNC(CO)C(=O)NCC(C)C. The Hall–Kier alpha value is -0.610. The first-order valence-corrected chi connectivity index (χ1v) is 4.17. The molecule has 1 atom stereocenters. The number of carbonyl (C=O) groups excluding carboxylic acids is 1. The Morgan fingerprint density at radius 3 is 2.42 bits per heavy atom. The van der Waals surface area contributed by atoms with E-state index < -0.39 is 6.04 Å². The van der Waals surface area contributed by atoms with Gasteiger partial charge in [-0.1, -0.05) is 13.8 Å². The zero-order chi connectivity index (χ0) is 9.56. The maximum absolute atomic E-state index is 11.2. The van der Waals surface area contributed by atoms with Gasteiger partial charge in [0.2, 0.25) is 5.91 Å². The van der Waals surface area contributed by atoms with E-state index in [2.05, 4.69) is 10.6 Å². The number of rotatable bonds is 5. The third-order valence-corrected chi connectivity index (χ3v) is 1.53. The summed E-state index contributed by atoms with van der Waals surface area (Å²) >= 11 is 0. The smallest absolute Gasteiger partial charge is 0.239 e. The van der Waals surface area contributed by atoms with Crippen LogP contribution in [0.1, 0.15) is 13.8 Å². The Kier molecular flexibility index (Phi) is 5.66. The van der Waals surface area contributed by atoms with Gasteiger partial charge in [-0.15, -0.1) is 0 Å². The molecule has 0 saturated heterocycles. The van der Waals surface area contributed by atoms with Crippen molar-refractivity contribution in [2.24, 2.45) is 5.92 Å². The second-order valence-electron chi connectivity index (χ2n) is 3.16. The van der Waals surface area contributed by atoms with Crippen molar-refractivity contribution in [3.63, 3.8) is 0 Å². The number of aliphatic hydroxyl groups excluding tert-OH is 1. The van der Waals surface area contributed by atoms with Crippen molar-refractivity contribution >= 4 is 5.91 Å². The molecule has 0 radical (unpaired) electrons. The second-order valence-corrected chi connectivity index (χ2v) is 3.16. The lowest BCUT2D eigenvalue weighted by atomic mass is 10.2. The van der Waals surface area contributed by atoms with Gasteiger partial charge in [-0.3, -0.25) is 4.79 Å². The number of hydrogen-bond acceptors (Lipinski definition) is 3. The van der Waals surface area contributed by atoms with Gasteiger partial charge in [0.15, 0.2) is 0 Å². The first-order valence-electron chi connectivity index (χ1n) is 4.17. The van der Waals surface area contributed by atoms with Gasteiger partial charge in [0.1, 0.15) is 6.04 Å². The fourth-order valence-electron chi connectivity index (χ4n) is 0.733. The normalized spacial score (nSPS) is 13.1. The summed E-state index contributed by atoms with van der Waals surface area (Å²) in [6.07, 6.45) is 0. The van der Waals surface area contributed by atoms with Gasteiger partial charge < -0.3 is 15.7 Å². The molecular formula is C8H18N2O2. The van der Waals surface area contributed by atoms with E-state index in [4.69, 9.17) is 5.11 Å². The standard InChI is InChI=1S/C8H18N2O2/c1-6(2)4-10-8(12)7(5-11)9-3/h6-7,9,11H,4-5H2,1-3H3,(H,10,12). The highest BCUT2D eigenvalue weighted by Crippen LogP contribution is 1.88. The number of hydrogen-bond donors (Lipinski definition) is 3. The fourth-order valence-corrected chi connectivity index (χ4v) is 0.733. The van der Waals surface area contributed by atoms with E-state index in [-0.39, 0.29) is 12.5 Å². The molecule has 12 heavy (non-hydrogen) atoms. The summed E-state index contributed by atoms with van der Waals surface area (Å²) in [6, 6.07) is -0.483. The van der Waals surface area contributed by atoms with E-state index in [1.807, 2.05) is 13.8 Å². The predicted octanol–water partition coefficient (Wildman–Crippen LogP) is -0.661. The molecule has 4 nitrogen and oxygen atoms in total. The van der Waals surface area contributed by atoms with Crippen LogP contribution in [0.4, 0.5) is 0 Å². The molecule has 0 aliphatic rings. The Morgan fingerprint density at radius 2 is 2.08 bits per heavy atom. The van der Waals surface area contributed by atoms with Crippen molar-refractivity contribution in [3.8, 4) is 0 Å². The third-order valence-electron chi connectivity index (χ3n) is 1.53. The minimum absolute atomic E-state index is 0.145. The molecule has 0 heterocycles. The summed E-state index contributed by atoms with van der Waals surface area (Å²) in [4.78, 5) is 11.2. The Labute approximate surface area is 73.3 Å². The van der Waals surface area contributed by atoms with Crippen LogP contribution in [0.2, 0.25) is 0 Å². The van der Waals surface area contributed by atoms with Gasteiger partial charge in [0, 0.05) is 6.54 Å². The molecule has 3 N–H and O–H groups in total. The molecule has 1 unspecified atom stereocenters. The summed E-state index contributed by atoms with van der Waals surface area (Å²) < 4.78 is 0. The highest BCUT2D eigenvalue weighted by molar-refractivity contribution is 5.81. The average molecular weight is 174 g/mol. The molecule has 0 saturated carbocycles. The van der Waals surface area contributed by atoms with Crippen LogP contribution in [0.3, 0.4) is 0 Å². The van der Waals surface area contributed by atoms with Gasteiger partial charge in [0.25, 0.3) is 0 Å². The Balaban J connectivity index is 3.69. The number of aliphatic hydroxyl groups is 1. The highest BCUT2D eigenvalue weighted by atomic mass is 16.3. The summed E-state index contributed by atoms with van der Waals surface area (Å²) in [7, 11) is 1.65. The van der Waals surface area contributed by atoms with Crippen LogP contribution in [-0.2, 0) is 4.79 Å². The minimum atomic E-state index is -0.483. The zero-order valence-corrected chi connectivity index (χ0v) is 7.92. The van der Waals surface area contributed by atoms with Crippen molar-refractivity contribution in [2.75, 3.05) is 20.2 Å². The molecule has 0 spiro atoms. The monoisotopic (exact) mass is 174 g/mol. The molecule has 0 aromatic rings. The molecule has 0 rings (SSSR count). The molecule has 0 aromatic heterocycles. The lowest BCUT2D eigenvalue weighted by molar-refractivity contribution is -0.124. The molecule has 0 fully saturated rings. The fraction of sp³-hybridized carbons (Fsp3) is 0.875. The molecule has 0 aromatic carbocycles. The van der Waals surface area contributed by atoms with Gasteiger partial charge in [-0.05, 0) is 13.0 Å². The Morgan fingerprint density at radius 1 is 1.50 bits per heavy atom. The van der Waals surface area contributed by atoms with E-state index in [0.717, 1.165) is 0 Å². The maximum atomic E-state index is 11.2. The van der Waals surface area contributed by atoms with E-state index in [1.165, 1.54) is 0 Å². The molecule has 72 valence electrons. The van der Waals surface area contributed by atoms with Crippen molar-refractivity contribution < 1.29 is 9.90 Å². The molecule has 0 aliphatic heterocycles. The number of amides is 1. The molecular weight excluding hydrogens is 156 g/mol. The first kappa shape index (κ1) is 11.4. The zero-order valence-electron chi connectivity index (χ0n) is 7.92. The number of nitrogens with one attached hydrogen (secondary N) is 2. The Bertz CT molecular complexity index is 133. The van der Waals surface area contributed by atoms with Crippen LogP contribution < -0.4 is 10.6 Å². The van der Waals surface area contributed by atoms with E-state index in [9.17, 15) is 4.79 Å². The highest BCUT2D eigenvalue weighted by Gasteiger charge is 2.13. The quantitative estimate of drug-likeness (QED) is 0.518. The van der Waals surface area contributed by atoms with Crippen molar-refractivity contribution in [1.29, 1.82) is 0 Å². The van der Waals surface area contributed by atoms with Crippen molar-refractivity contribution in [2.45, 2.75) is 19.9 Å². The third kappa shape index (κ3) is 4.31. The van der Waals surface area contributed by atoms with E-state index >= 15 is 0 Å².